The van der Waals surface area contributed by atoms with Crippen LogP contribution < -0.4 is 5.22 Å². The molecule has 0 aliphatic rings. The molecule has 7 rings (SSSR count). The largest absolute Gasteiger partial charge is 0.0990 e. The SMILES string of the molecule is C=C/C=c1\c2cc3cc(Cl)ccc3c2cc2c1cc1c3ccc(Cl)cc3c3cccc2c31. The Labute approximate surface area is 194 Å². The molecule has 0 fully saturated rings. The second-order valence-electron chi connectivity index (χ2n) is 8.47. The zero-order valence-electron chi connectivity index (χ0n) is 17.0. The van der Waals surface area contributed by atoms with Crippen LogP contribution in [-0.4, -0.2) is 0 Å². The van der Waals surface area contributed by atoms with Crippen LogP contribution in [0.3, 0.4) is 0 Å². The van der Waals surface area contributed by atoms with Gasteiger partial charge in [0.05, 0.1) is 0 Å². The summed E-state index contributed by atoms with van der Waals surface area (Å²) in [6, 6.07) is 25.9. The molecule has 0 radical (unpaired) electrons. The van der Waals surface area contributed by atoms with E-state index in [0.29, 0.717) is 0 Å². The number of halogens is 2. The molecular formula is C30H16Cl2. The zero-order chi connectivity index (χ0) is 21.6. The van der Waals surface area contributed by atoms with E-state index >= 15 is 0 Å². The topological polar surface area (TPSA) is 0 Å². The van der Waals surface area contributed by atoms with Gasteiger partial charge in [-0.15, -0.1) is 0 Å². The van der Waals surface area contributed by atoms with Crippen LogP contribution in [0, 0.1) is 0 Å². The van der Waals surface area contributed by atoms with Crippen molar-refractivity contribution in [2.24, 2.45) is 0 Å². The van der Waals surface area contributed by atoms with Crippen molar-refractivity contribution < 1.29 is 0 Å². The average Bonchev–Trinajstić information content (AvgIpc) is 3.30. The summed E-state index contributed by atoms with van der Waals surface area (Å²) in [6.07, 6.45) is 4.01. The Morgan fingerprint density at radius 3 is 1.94 bits per heavy atom. The number of benzene rings is 5. The molecule has 0 atom stereocenters. The van der Waals surface area contributed by atoms with Gasteiger partial charge in [0, 0.05) is 10.0 Å². The van der Waals surface area contributed by atoms with Crippen molar-refractivity contribution in [3.8, 4) is 0 Å². The Kier molecular flexibility index (Phi) is 3.63. The lowest BCUT2D eigenvalue weighted by atomic mass is 9.95. The van der Waals surface area contributed by atoms with Gasteiger partial charge in [0.2, 0.25) is 0 Å². The molecule has 0 aliphatic carbocycles. The van der Waals surface area contributed by atoms with E-state index in [1.807, 2.05) is 24.3 Å². The normalized spacial score (nSPS) is 13.0. The minimum Gasteiger partial charge on any atom is -0.0990 e. The van der Waals surface area contributed by atoms with Crippen LogP contribution in [0.4, 0.5) is 0 Å². The Morgan fingerprint density at radius 2 is 1.16 bits per heavy atom. The number of fused-ring (bicyclic) bond motifs is 8. The molecule has 0 unspecified atom stereocenters. The summed E-state index contributed by atoms with van der Waals surface area (Å²) in [4.78, 5) is 0. The fourth-order valence-corrected chi connectivity index (χ4v) is 5.89. The van der Waals surface area contributed by atoms with Gasteiger partial charge < -0.3 is 0 Å². The highest BCUT2D eigenvalue weighted by Crippen LogP contribution is 2.43. The lowest BCUT2D eigenvalue weighted by molar-refractivity contribution is 1.84. The molecular weight excluding hydrogens is 431 g/mol. The maximum absolute atomic E-state index is 6.37. The first-order valence-electron chi connectivity index (χ1n) is 10.6. The summed E-state index contributed by atoms with van der Waals surface area (Å²) in [7, 11) is 0. The lowest BCUT2D eigenvalue weighted by Crippen LogP contribution is -2.02. The second kappa shape index (κ2) is 6.36. The van der Waals surface area contributed by atoms with Gasteiger partial charge in [-0.1, -0.05) is 72.3 Å². The van der Waals surface area contributed by atoms with E-state index in [2.05, 4.69) is 67.3 Å². The van der Waals surface area contributed by atoms with Gasteiger partial charge in [-0.3, -0.25) is 0 Å². The van der Waals surface area contributed by atoms with Gasteiger partial charge in [0.15, 0.2) is 0 Å². The average molecular weight is 447 g/mol. The van der Waals surface area contributed by atoms with E-state index in [1.165, 1.54) is 69.9 Å². The Morgan fingerprint density at radius 1 is 0.531 bits per heavy atom. The summed E-state index contributed by atoms with van der Waals surface area (Å²) in [5.74, 6) is 0. The van der Waals surface area contributed by atoms with Crippen LogP contribution in [0.5, 0.6) is 0 Å². The minimum atomic E-state index is 0.758. The smallest absolute Gasteiger partial charge is 0.0412 e. The Bertz CT molecular complexity index is 1960. The quantitative estimate of drug-likeness (QED) is 0.220. The Hall–Kier alpha value is -3.32. The summed E-state index contributed by atoms with van der Waals surface area (Å²) < 4.78 is 0. The van der Waals surface area contributed by atoms with Crippen molar-refractivity contribution in [2.45, 2.75) is 0 Å². The fraction of sp³-hybridized carbons (Fsp3) is 0. The predicted octanol–water partition coefficient (Wildman–Crippen LogP) is 9.04. The lowest BCUT2D eigenvalue weighted by Gasteiger charge is -2.08. The van der Waals surface area contributed by atoms with Crippen LogP contribution in [0.2, 0.25) is 10.0 Å². The van der Waals surface area contributed by atoms with Crippen LogP contribution in [0.1, 0.15) is 0 Å². The summed E-state index contributed by atoms with van der Waals surface area (Å²) in [5, 5.41) is 17.6. The van der Waals surface area contributed by atoms with Crippen molar-refractivity contribution in [3.63, 3.8) is 0 Å². The number of rotatable bonds is 1. The van der Waals surface area contributed by atoms with E-state index in [0.717, 1.165) is 10.0 Å². The molecule has 0 N–H and O–H groups in total. The zero-order valence-corrected chi connectivity index (χ0v) is 18.6. The first-order valence-corrected chi connectivity index (χ1v) is 11.4. The fourth-order valence-electron chi connectivity index (χ4n) is 5.54. The summed E-state index contributed by atoms with van der Waals surface area (Å²) in [6.45, 7) is 4.01. The molecule has 0 aliphatic heterocycles. The van der Waals surface area contributed by atoms with Gasteiger partial charge in [0.1, 0.15) is 0 Å². The highest BCUT2D eigenvalue weighted by molar-refractivity contribution is 6.38. The highest BCUT2D eigenvalue weighted by atomic mass is 35.5. The van der Waals surface area contributed by atoms with Crippen molar-refractivity contribution in [1.29, 1.82) is 0 Å². The number of hydrogen-bond donors (Lipinski definition) is 0. The third kappa shape index (κ3) is 2.29. The van der Waals surface area contributed by atoms with E-state index in [1.54, 1.807) is 0 Å². The number of hydrogen-bond acceptors (Lipinski definition) is 0. The standard InChI is InChI=1S/C30H16Cl2/c1-2-4-20-24-12-16-11-17(31)7-9-19(16)26(24)14-28-23-6-3-5-22-25-13-18(32)8-10-21(25)29(30(22)23)15-27(20)28/h2-15H,1H2/b20-4+. The molecule has 0 saturated heterocycles. The molecule has 150 valence electrons. The first kappa shape index (κ1) is 18.3. The van der Waals surface area contributed by atoms with Crippen molar-refractivity contribution >= 4 is 93.9 Å². The van der Waals surface area contributed by atoms with Crippen molar-refractivity contribution in [1.82, 2.24) is 0 Å². The monoisotopic (exact) mass is 446 g/mol. The van der Waals surface area contributed by atoms with Crippen molar-refractivity contribution in [3.05, 3.63) is 101 Å². The summed E-state index contributed by atoms with van der Waals surface area (Å²) >= 11 is 12.7. The van der Waals surface area contributed by atoms with Crippen molar-refractivity contribution in [2.75, 3.05) is 0 Å². The summed E-state index contributed by atoms with van der Waals surface area (Å²) in [5.41, 5.74) is 0. The van der Waals surface area contributed by atoms with Gasteiger partial charge in [0.25, 0.3) is 0 Å². The molecule has 0 spiro atoms. The molecule has 7 aromatic rings. The van der Waals surface area contributed by atoms with Crippen LogP contribution in [-0.2, 0) is 0 Å². The predicted molar refractivity (Wildman–Crippen MR) is 143 cm³/mol. The van der Waals surface area contributed by atoms with E-state index < -0.39 is 0 Å². The molecule has 2 heteroatoms. The van der Waals surface area contributed by atoms with E-state index in [9.17, 15) is 0 Å². The third-order valence-electron chi connectivity index (χ3n) is 6.81. The van der Waals surface area contributed by atoms with Gasteiger partial charge in [-0.05, 0) is 112 Å². The molecule has 0 heterocycles. The molecule has 7 aromatic carbocycles. The molecule has 0 amide bonds. The van der Waals surface area contributed by atoms with Crippen LogP contribution >= 0.6 is 23.2 Å². The van der Waals surface area contributed by atoms with Gasteiger partial charge in [-0.25, -0.2) is 0 Å². The Balaban J connectivity index is 1.82. The molecule has 0 nitrogen and oxygen atoms in total. The molecule has 0 bridgehead atoms. The van der Waals surface area contributed by atoms with E-state index in [4.69, 9.17) is 23.2 Å². The minimum absolute atomic E-state index is 0.758. The number of allylic oxidation sites excluding steroid dienone is 1. The van der Waals surface area contributed by atoms with Crippen LogP contribution in [0.15, 0.2) is 85.5 Å². The highest BCUT2D eigenvalue weighted by Gasteiger charge is 2.17. The maximum atomic E-state index is 6.37. The third-order valence-corrected chi connectivity index (χ3v) is 7.28. The molecule has 32 heavy (non-hydrogen) atoms. The van der Waals surface area contributed by atoms with Gasteiger partial charge >= 0.3 is 0 Å². The molecule has 0 saturated carbocycles. The molecule has 0 aromatic heterocycles. The van der Waals surface area contributed by atoms with Gasteiger partial charge in [-0.2, -0.15) is 0 Å². The van der Waals surface area contributed by atoms with E-state index in [-0.39, 0.29) is 0 Å². The maximum Gasteiger partial charge on any atom is 0.0412 e. The second-order valence-corrected chi connectivity index (χ2v) is 9.34. The van der Waals surface area contributed by atoms with Crippen LogP contribution in [0.25, 0.3) is 70.7 Å². The first-order chi connectivity index (χ1) is 15.6.